The van der Waals surface area contributed by atoms with Crippen molar-refractivity contribution in [2.75, 3.05) is 29.9 Å². The standard InChI is InChI=1S/C20H24N6O3S/c1-4-29-20(28)17-12(2)13(3)30-19(17)22-18(27)14-7-9-25(10-8-14)16-6-5-15-23-21-11-26(15)24-16/h5-6,11,14H,4,7-10H2,1-3H3,(H,22,27). The number of carbonyl (C=O) groups is 2. The second-order valence-electron chi connectivity index (χ2n) is 7.28. The van der Waals surface area contributed by atoms with E-state index in [9.17, 15) is 9.59 Å². The quantitative estimate of drug-likeness (QED) is 0.624. The Morgan fingerprint density at radius 1 is 1.27 bits per heavy atom. The summed E-state index contributed by atoms with van der Waals surface area (Å²) in [5.74, 6) is 0.288. The molecule has 0 spiro atoms. The van der Waals surface area contributed by atoms with E-state index in [2.05, 4.69) is 25.5 Å². The summed E-state index contributed by atoms with van der Waals surface area (Å²) in [5, 5.41) is 15.9. The highest BCUT2D eigenvalue weighted by Crippen LogP contribution is 2.34. The Kier molecular flexibility index (Phi) is 5.67. The maximum absolute atomic E-state index is 12.9. The van der Waals surface area contributed by atoms with Crippen LogP contribution >= 0.6 is 11.3 Å². The monoisotopic (exact) mass is 428 g/mol. The highest BCUT2D eigenvalue weighted by atomic mass is 32.1. The summed E-state index contributed by atoms with van der Waals surface area (Å²) < 4.78 is 6.81. The van der Waals surface area contributed by atoms with Crippen LogP contribution in [0.5, 0.6) is 0 Å². The molecule has 0 aromatic carbocycles. The first-order valence-electron chi connectivity index (χ1n) is 9.98. The summed E-state index contributed by atoms with van der Waals surface area (Å²) in [5.41, 5.74) is 2.03. The Bertz CT molecular complexity index is 1080. The number of amides is 1. The van der Waals surface area contributed by atoms with E-state index in [0.717, 1.165) is 29.3 Å². The summed E-state index contributed by atoms with van der Waals surface area (Å²) in [6.07, 6.45) is 3.00. The molecule has 9 nitrogen and oxygen atoms in total. The predicted molar refractivity (Wildman–Crippen MR) is 114 cm³/mol. The fourth-order valence-electron chi connectivity index (χ4n) is 3.64. The van der Waals surface area contributed by atoms with E-state index in [0.29, 0.717) is 35.7 Å². The van der Waals surface area contributed by atoms with Gasteiger partial charge in [-0.15, -0.1) is 26.6 Å². The van der Waals surface area contributed by atoms with E-state index >= 15 is 0 Å². The first-order chi connectivity index (χ1) is 14.5. The SMILES string of the molecule is CCOC(=O)c1c(NC(=O)C2CCN(c3ccc4nncn4n3)CC2)sc(C)c1C. The third-order valence-corrected chi connectivity index (χ3v) is 6.56. The van der Waals surface area contributed by atoms with Gasteiger partial charge >= 0.3 is 5.97 Å². The number of aryl methyl sites for hydroxylation is 1. The van der Waals surface area contributed by atoms with Crippen molar-refractivity contribution in [3.05, 3.63) is 34.5 Å². The van der Waals surface area contributed by atoms with E-state index in [1.165, 1.54) is 11.3 Å². The van der Waals surface area contributed by atoms with E-state index in [1.54, 1.807) is 17.8 Å². The molecule has 0 saturated carbocycles. The minimum Gasteiger partial charge on any atom is -0.462 e. The number of hydrogen-bond donors (Lipinski definition) is 1. The molecule has 0 atom stereocenters. The molecule has 1 amide bonds. The Morgan fingerprint density at radius 2 is 2.03 bits per heavy atom. The minimum atomic E-state index is -0.389. The number of hydrogen-bond acceptors (Lipinski definition) is 8. The fraction of sp³-hybridized carbons (Fsp3) is 0.450. The Morgan fingerprint density at radius 3 is 2.77 bits per heavy atom. The fourth-order valence-corrected chi connectivity index (χ4v) is 4.69. The third-order valence-electron chi connectivity index (χ3n) is 5.44. The number of rotatable bonds is 5. The van der Waals surface area contributed by atoms with Crippen LogP contribution in [0.1, 0.15) is 40.6 Å². The molecule has 0 unspecified atom stereocenters. The van der Waals surface area contributed by atoms with Crippen molar-refractivity contribution >= 4 is 39.7 Å². The van der Waals surface area contributed by atoms with Gasteiger partial charge in [0, 0.05) is 23.9 Å². The van der Waals surface area contributed by atoms with Crippen LogP contribution in [0, 0.1) is 19.8 Å². The summed E-state index contributed by atoms with van der Waals surface area (Å²) in [6.45, 7) is 7.35. The van der Waals surface area contributed by atoms with Crippen LogP contribution < -0.4 is 10.2 Å². The van der Waals surface area contributed by atoms with Gasteiger partial charge in [-0.3, -0.25) is 4.79 Å². The lowest BCUT2D eigenvalue weighted by Gasteiger charge is -2.31. The summed E-state index contributed by atoms with van der Waals surface area (Å²) in [6, 6.07) is 3.81. The topological polar surface area (TPSA) is 102 Å². The van der Waals surface area contributed by atoms with Gasteiger partial charge in [-0.1, -0.05) is 0 Å². The number of anilines is 2. The van der Waals surface area contributed by atoms with Gasteiger partial charge in [0.15, 0.2) is 5.65 Å². The van der Waals surface area contributed by atoms with Crippen molar-refractivity contribution in [3.8, 4) is 0 Å². The first-order valence-corrected chi connectivity index (χ1v) is 10.8. The number of ether oxygens (including phenoxy) is 1. The van der Waals surface area contributed by atoms with E-state index in [4.69, 9.17) is 4.74 Å². The molecule has 4 heterocycles. The molecule has 3 aromatic rings. The van der Waals surface area contributed by atoms with Gasteiger partial charge in [0.25, 0.3) is 0 Å². The number of nitrogens with zero attached hydrogens (tertiary/aromatic N) is 5. The number of fused-ring (bicyclic) bond motifs is 1. The van der Waals surface area contributed by atoms with Crippen LogP contribution in [-0.4, -0.2) is 51.4 Å². The summed E-state index contributed by atoms with van der Waals surface area (Å²) in [4.78, 5) is 28.4. The summed E-state index contributed by atoms with van der Waals surface area (Å²) in [7, 11) is 0. The summed E-state index contributed by atoms with van der Waals surface area (Å²) >= 11 is 1.42. The normalized spacial score (nSPS) is 14.8. The van der Waals surface area contributed by atoms with Crippen molar-refractivity contribution < 1.29 is 14.3 Å². The largest absolute Gasteiger partial charge is 0.462 e. The molecule has 3 aromatic heterocycles. The van der Waals surface area contributed by atoms with Crippen molar-refractivity contribution in [1.82, 2.24) is 19.8 Å². The second kappa shape index (κ2) is 8.39. The average molecular weight is 429 g/mol. The van der Waals surface area contributed by atoms with Gasteiger partial charge in [0.05, 0.1) is 12.2 Å². The number of nitrogens with one attached hydrogen (secondary N) is 1. The average Bonchev–Trinajstić information content (AvgIpc) is 3.32. The van der Waals surface area contributed by atoms with E-state index < -0.39 is 0 Å². The minimum absolute atomic E-state index is 0.0522. The molecule has 1 N–H and O–H groups in total. The molecule has 0 aliphatic carbocycles. The second-order valence-corrected chi connectivity index (χ2v) is 8.51. The Balaban J connectivity index is 1.41. The van der Waals surface area contributed by atoms with Crippen LogP contribution in [0.25, 0.3) is 5.65 Å². The number of aromatic nitrogens is 4. The Hall–Kier alpha value is -3.01. The maximum Gasteiger partial charge on any atom is 0.341 e. The third kappa shape index (κ3) is 3.87. The van der Waals surface area contributed by atoms with Gasteiger partial charge in [-0.2, -0.15) is 4.52 Å². The van der Waals surface area contributed by atoms with Crippen LogP contribution in [0.2, 0.25) is 0 Å². The van der Waals surface area contributed by atoms with Crippen molar-refractivity contribution in [2.24, 2.45) is 5.92 Å². The van der Waals surface area contributed by atoms with Crippen molar-refractivity contribution in [1.29, 1.82) is 0 Å². The number of piperidine rings is 1. The lowest BCUT2D eigenvalue weighted by atomic mass is 9.96. The predicted octanol–water partition coefficient (Wildman–Crippen LogP) is 2.83. The van der Waals surface area contributed by atoms with Crippen molar-refractivity contribution in [3.63, 3.8) is 0 Å². The molecule has 0 radical (unpaired) electrons. The van der Waals surface area contributed by atoms with Crippen LogP contribution in [-0.2, 0) is 9.53 Å². The molecule has 0 bridgehead atoms. The zero-order chi connectivity index (χ0) is 21.3. The zero-order valence-electron chi connectivity index (χ0n) is 17.2. The van der Waals surface area contributed by atoms with Gasteiger partial charge < -0.3 is 15.0 Å². The molecular formula is C20H24N6O3S. The highest BCUT2D eigenvalue weighted by Gasteiger charge is 2.28. The Labute approximate surface area is 178 Å². The number of esters is 1. The molecule has 4 rings (SSSR count). The molecule has 1 aliphatic heterocycles. The van der Waals surface area contributed by atoms with E-state index in [1.807, 2.05) is 26.0 Å². The van der Waals surface area contributed by atoms with E-state index in [-0.39, 0.29) is 17.8 Å². The lowest BCUT2D eigenvalue weighted by Crippen LogP contribution is -2.38. The van der Waals surface area contributed by atoms with Crippen LogP contribution in [0.15, 0.2) is 18.5 Å². The first kappa shape index (κ1) is 20.3. The maximum atomic E-state index is 12.9. The zero-order valence-corrected chi connectivity index (χ0v) is 18.0. The molecule has 30 heavy (non-hydrogen) atoms. The van der Waals surface area contributed by atoms with Gasteiger partial charge in [-0.05, 0) is 51.3 Å². The molecule has 1 saturated heterocycles. The van der Waals surface area contributed by atoms with Crippen molar-refractivity contribution in [2.45, 2.75) is 33.6 Å². The molecule has 10 heteroatoms. The molecule has 158 valence electrons. The number of thiophene rings is 1. The lowest BCUT2D eigenvalue weighted by molar-refractivity contribution is -0.120. The highest BCUT2D eigenvalue weighted by molar-refractivity contribution is 7.16. The van der Waals surface area contributed by atoms with Gasteiger partial charge in [0.1, 0.15) is 17.1 Å². The molecule has 1 fully saturated rings. The van der Waals surface area contributed by atoms with Crippen LogP contribution in [0.3, 0.4) is 0 Å². The van der Waals surface area contributed by atoms with Crippen LogP contribution in [0.4, 0.5) is 10.8 Å². The van der Waals surface area contributed by atoms with Gasteiger partial charge in [-0.25, -0.2) is 4.79 Å². The smallest absolute Gasteiger partial charge is 0.341 e. The molecular weight excluding hydrogens is 404 g/mol. The number of carbonyl (C=O) groups excluding carboxylic acids is 2. The van der Waals surface area contributed by atoms with Gasteiger partial charge in [0.2, 0.25) is 5.91 Å². The molecule has 1 aliphatic rings.